The second-order valence-corrected chi connectivity index (χ2v) is 3.87. The van der Waals surface area contributed by atoms with E-state index in [0.29, 0.717) is 19.4 Å². The molecule has 0 aromatic carbocycles. The summed E-state index contributed by atoms with van der Waals surface area (Å²) in [6.45, 7) is 8.86. The fourth-order valence-corrected chi connectivity index (χ4v) is 1.67. The number of carbonyl (C=O) groups is 2. The molecule has 15 heavy (non-hydrogen) atoms. The zero-order chi connectivity index (χ0) is 11.4. The molecule has 1 heterocycles. The smallest absolute Gasteiger partial charge is 0.232 e. The molecule has 1 fully saturated rings. The lowest BCUT2D eigenvalue weighted by Gasteiger charge is -2.15. The van der Waals surface area contributed by atoms with Gasteiger partial charge in [0.05, 0.1) is 0 Å². The van der Waals surface area contributed by atoms with Gasteiger partial charge in [0.1, 0.15) is 0 Å². The predicted molar refractivity (Wildman–Crippen MR) is 57.9 cm³/mol. The first kappa shape index (κ1) is 11.8. The van der Waals surface area contributed by atoms with Crippen molar-refractivity contribution in [2.24, 2.45) is 5.92 Å². The summed E-state index contributed by atoms with van der Waals surface area (Å²) in [6.07, 6.45) is 0.991. The van der Waals surface area contributed by atoms with E-state index in [1.165, 1.54) is 4.90 Å². The lowest BCUT2D eigenvalue weighted by molar-refractivity contribution is -0.139. The molecule has 4 heteroatoms. The van der Waals surface area contributed by atoms with E-state index in [4.69, 9.17) is 0 Å². The van der Waals surface area contributed by atoms with E-state index < -0.39 is 0 Å². The molecule has 1 N–H and O–H groups in total. The van der Waals surface area contributed by atoms with Crippen LogP contribution in [0.3, 0.4) is 0 Å². The molecule has 2 amide bonds. The van der Waals surface area contributed by atoms with Gasteiger partial charge in [-0.1, -0.05) is 13.5 Å². The lowest BCUT2D eigenvalue weighted by Crippen LogP contribution is -2.32. The molecule has 0 aromatic heterocycles. The van der Waals surface area contributed by atoms with Crippen LogP contribution in [0.25, 0.3) is 0 Å². The van der Waals surface area contributed by atoms with Gasteiger partial charge < -0.3 is 5.32 Å². The van der Waals surface area contributed by atoms with E-state index in [1.807, 2.05) is 6.92 Å². The van der Waals surface area contributed by atoms with E-state index >= 15 is 0 Å². The van der Waals surface area contributed by atoms with Crippen LogP contribution >= 0.6 is 0 Å². The third-order valence-electron chi connectivity index (χ3n) is 2.53. The van der Waals surface area contributed by atoms with Crippen LogP contribution in [0.1, 0.15) is 26.7 Å². The van der Waals surface area contributed by atoms with Crippen LogP contribution < -0.4 is 5.32 Å². The Bertz CT molecular complexity index is 286. The number of carbonyl (C=O) groups excluding carboxylic acids is 2. The van der Waals surface area contributed by atoms with Crippen LogP contribution in [0.5, 0.6) is 0 Å². The van der Waals surface area contributed by atoms with Crippen molar-refractivity contribution in [1.29, 1.82) is 0 Å². The van der Waals surface area contributed by atoms with E-state index in [0.717, 1.165) is 12.2 Å². The SMILES string of the molecule is C=C(CCN1C(=O)CC(C)C1=O)NCC. The number of amides is 2. The first-order valence-corrected chi connectivity index (χ1v) is 5.32. The predicted octanol–water partition coefficient (Wildman–Crippen LogP) is 0.895. The number of rotatable bonds is 5. The maximum absolute atomic E-state index is 11.5. The molecule has 0 bridgehead atoms. The van der Waals surface area contributed by atoms with Crippen molar-refractivity contribution in [3.63, 3.8) is 0 Å². The van der Waals surface area contributed by atoms with Gasteiger partial charge in [0.15, 0.2) is 0 Å². The van der Waals surface area contributed by atoms with Gasteiger partial charge in [-0.3, -0.25) is 14.5 Å². The monoisotopic (exact) mass is 210 g/mol. The fraction of sp³-hybridized carbons (Fsp3) is 0.636. The zero-order valence-electron chi connectivity index (χ0n) is 9.38. The van der Waals surface area contributed by atoms with Gasteiger partial charge in [-0.15, -0.1) is 0 Å². The third-order valence-corrected chi connectivity index (χ3v) is 2.53. The van der Waals surface area contributed by atoms with Gasteiger partial charge >= 0.3 is 0 Å². The summed E-state index contributed by atoms with van der Waals surface area (Å²) in [5.74, 6) is -0.258. The van der Waals surface area contributed by atoms with Crippen LogP contribution in [0.4, 0.5) is 0 Å². The molecule has 1 atom stereocenters. The summed E-state index contributed by atoms with van der Waals surface area (Å²) in [5, 5.41) is 3.07. The normalized spacial score (nSPS) is 20.9. The molecule has 0 radical (unpaired) electrons. The van der Waals surface area contributed by atoms with Crippen molar-refractivity contribution in [2.75, 3.05) is 13.1 Å². The minimum Gasteiger partial charge on any atom is -0.389 e. The Balaban J connectivity index is 2.42. The molecule has 1 unspecified atom stereocenters. The van der Waals surface area contributed by atoms with Crippen molar-refractivity contribution in [2.45, 2.75) is 26.7 Å². The second kappa shape index (κ2) is 4.96. The number of nitrogens with zero attached hydrogens (tertiary/aromatic N) is 1. The third kappa shape index (κ3) is 2.81. The van der Waals surface area contributed by atoms with Crippen LogP contribution in [0.2, 0.25) is 0 Å². The Labute approximate surface area is 90.3 Å². The maximum atomic E-state index is 11.5. The summed E-state index contributed by atoms with van der Waals surface area (Å²) in [6, 6.07) is 0. The van der Waals surface area contributed by atoms with E-state index in [9.17, 15) is 9.59 Å². The number of hydrogen-bond acceptors (Lipinski definition) is 3. The van der Waals surface area contributed by atoms with E-state index in [2.05, 4.69) is 11.9 Å². The lowest BCUT2D eigenvalue weighted by atomic mass is 10.1. The highest BCUT2D eigenvalue weighted by molar-refractivity contribution is 6.03. The topological polar surface area (TPSA) is 49.4 Å². The first-order chi connectivity index (χ1) is 7.06. The van der Waals surface area contributed by atoms with Crippen LogP contribution in [-0.4, -0.2) is 29.8 Å². The Kier molecular flexibility index (Phi) is 3.88. The van der Waals surface area contributed by atoms with Gasteiger partial charge in [-0.2, -0.15) is 0 Å². The van der Waals surface area contributed by atoms with Crippen molar-refractivity contribution in [1.82, 2.24) is 10.2 Å². The van der Waals surface area contributed by atoms with Crippen molar-refractivity contribution >= 4 is 11.8 Å². The molecule has 1 rings (SSSR count). The summed E-state index contributed by atoms with van der Waals surface area (Å²) in [4.78, 5) is 24.3. The zero-order valence-corrected chi connectivity index (χ0v) is 9.38. The highest BCUT2D eigenvalue weighted by Gasteiger charge is 2.34. The second-order valence-electron chi connectivity index (χ2n) is 3.87. The van der Waals surface area contributed by atoms with Crippen molar-refractivity contribution in [3.05, 3.63) is 12.3 Å². The molecule has 0 aromatic rings. The molecular weight excluding hydrogens is 192 g/mol. The molecule has 1 aliphatic rings. The average molecular weight is 210 g/mol. The van der Waals surface area contributed by atoms with E-state index in [1.54, 1.807) is 6.92 Å². The highest BCUT2D eigenvalue weighted by atomic mass is 16.2. The summed E-state index contributed by atoms with van der Waals surface area (Å²) in [5.41, 5.74) is 0.873. The summed E-state index contributed by atoms with van der Waals surface area (Å²) < 4.78 is 0. The summed E-state index contributed by atoms with van der Waals surface area (Å²) in [7, 11) is 0. The van der Waals surface area contributed by atoms with Crippen molar-refractivity contribution < 1.29 is 9.59 Å². The van der Waals surface area contributed by atoms with Gasteiger partial charge in [-0.25, -0.2) is 0 Å². The van der Waals surface area contributed by atoms with E-state index in [-0.39, 0.29) is 17.7 Å². The van der Waals surface area contributed by atoms with Crippen LogP contribution in [0, 0.1) is 5.92 Å². The molecular formula is C11H18N2O2. The number of hydrogen-bond donors (Lipinski definition) is 1. The molecule has 0 spiro atoms. The van der Waals surface area contributed by atoms with Crippen LogP contribution in [-0.2, 0) is 9.59 Å². The molecule has 0 aliphatic carbocycles. The Morgan fingerprint density at radius 2 is 2.27 bits per heavy atom. The highest BCUT2D eigenvalue weighted by Crippen LogP contribution is 2.19. The van der Waals surface area contributed by atoms with Crippen molar-refractivity contribution in [3.8, 4) is 0 Å². The number of nitrogens with one attached hydrogen (secondary N) is 1. The standard InChI is InChI=1S/C11H18N2O2/c1-4-12-9(3)5-6-13-10(14)7-8(2)11(13)15/h8,12H,3-7H2,1-2H3. The first-order valence-electron chi connectivity index (χ1n) is 5.32. The number of imide groups is 1. The van der Waals surface area contributed by atoms with Gasteiger partial charge in [-0.05, 0) is 6.92 Å². The molecule has 4 nitrogen and oxygen atoms in total. The largest absolute Gasteiger partial charge is 0.389 e. The summed E-state index contributed by atoms with van der Waals surface area (Å²) >= 11 is 0. The molecule has 0 saturated carbocycles. The molecule has 1 saturated heterocycles. The van der Waals surface area contributed by atoms with Gasteiger partial charge in [0, 0.05) is 37.5 Å². The minimum absolute atomic E-state index is 0.0516. The Morgan fingerprint density at radius 3 is 2.73 bits per heavy atom. The Morgan fingerprint density at radius 1 is 1.60 bits per heavy atom. The van der Waals surface area contributed by atoms with Crippen LogP contribution in [0.15, 0.2) is 12.3 Å². The quantitative estimate of drug-likeness (QED) is 0.686. The Hall–Kier alpha value is -1.32. The molecule has 84 valence electrons. The fourth-order valence-electron chi connectivity index (χ4n) is 1.67. The molecule has 1 aliphatic heterocycles. The number of likely N-dealkylation sites (tertiary alicyclic amines) is 1. The average Bonchev–Trinajstić information content (AvgIpc) is 2.40. The van der Waals surface area contributed by atoms with Gasteiger partial charge in [0.2, 0.25) is 11.8 Å². The van der Waals surface area contributed by atoms with Gasteiger partial charge in [0.25, 0.3) is 0 Å². The minimum atomic E-state index is -0.148. The maximum Gasteiger partial charge on any atom is 0.232 e.